The molecule has 0 bridgehead atoms. The standard InChI is InChI=1S/C15H10N2O3S/c18-13-11-7-6-9(14(19)20)8-12(11)16-15(21)17(13)10-4-2-1-3-5-10/h1-8H,(H,16,21)(H,19,20)/p-1. The summed E-state index contributed by atoms with van der Waals surface area (Å²) < 4.78 is 1.57. The zero-order valence-corrected chi connectivity index (χ0v) is 11.5. The van der Waals surface area contributed by atoms with Crippen molar-refractivity contribution in [2.24, 2.45) is 0 Å². The maximum absolute atomic E-state index is 12.5. The second kappa shape index (κ2) is 4.99. The summed E-state index contributed by atoms with van der Waals surface area (Å²) in [6.45, 7) is 0. The van der Waals surface area contributed by atoms with Crippen LogP contribution in [0.15, 0.2) is 53.3 Å². The Kier molecular flexibility index (Phi) is 3.15. The molecule has 3 rings (SSSR count). The van der Waals surface area contributed by atoms with E-state index >= 15 is 0 Å². The van der Waals surface area contributed by atoms with Gasteiger partial charge in [-0.05, 0) is 42.0 Å². The van der Waals surface area contributed by atoms with Crippen LogP contribution in [0.4, 0.5) is 0 Å². The first-order valence-corrected chi connectivity index (χ1v) is 6.54. The quantitative estimate of drug-likeness (QED) is 0.725. The Hall–Kier alpha value is -2.73. The molecule has 0 saturated carbocycles. The van der Waals surface area contributed by atoms with E-state index in [-0.39, 0.29) is 15.9 Å². The number of aromatic nitrogens is 2. The molecule has 0 unspecified atom stereocenters. The van der Waals surface area contributed by atoms with Gasteiger partial charge in [0, 0.05) is 0 Å². The fraction of sp³-hybridized carbons (Fsp3) is 0. The van der Waals surface area contributed by atoms with Crippen LogP contribution in [-0.4, -0.2) is 15.5 Å². The lowest BCUT2D eigenvalue weighted by Gasteiger charge is -2.09. The lowest BCUT2D eigenvalue weighted by Crippen LogP contribution is -2.23. The number of aromatic carboxylic acids is 1. The van der Waals surface area contributed by atoms with Gasteiger partial charge in [-0.1, -0.05) is 24.3 Å². The topological polar surface area (TPSA) is 77.9 Å². The molecule has 0 saturated heterocycles. The summed E-state index contributed by atoms with van der Waals surface area (Å²) in [4.78, 5) is 26.3. The van der Waals surface area contributed by atoms with Crippen molar-refractivity contribution in [1.29, 1.82) is 0 Å². The van der Waals surface area contributed by atoms with Crippen molar-refractivity contribution < 1.29 is 9.90 Å². The highest BCUT2D eigenvalue weighted by molar-refractivity contribution is 7.71. The van der Waals surface area contributed by atoms with Crippen LogP contribution in [0.25, 0.3) is 16.6 Å². The van der Waals surface area contributed by atoms with E-state index in [1.54, 1.807) is 24.3 Å². The molecule has 0 atom stereocenters. The Morgan fingerprint density at radius 1 is 1.14 bits per heavy atom. The van der Waals surface area contributed by atoms with E-state index in [0.717, 1.165) is 0 Å². The first kappa shape index (κ1) is 13.3. The maximum atomic E-state index is 12.5. The molecule has 1 heterocycles. The number of benzene rings is 2. The first-order valence-electron chi connectivity index (χ1n) is 6.14. The Labute approximate surface area is 124 Å². The minimum atomic E-state index is -1.30. The summed E-state index contributed by atoms with van der Waals surface area (Å²) in [6.07, 6.45) is 0. The minimum absolute atomic E-state index is 0.00925. The SMILES string of the molecule is O=C([O-])c1ccc2c(=O)n(-c3ccccc3)c(=S)[nH]c2c1. The highest BCUT2D eigenvalue weighted by Crippen LogP contribution is 2.12. The van der Waals surface area contributed by atoms with Crippen LogP contribution in [0.1, 0.15) is 10.4 Å². The van der Waals surface area contributed by atoms with Crippen molar-refractivity contribution in [2.75, 3.05) is 0 Å². The van der Waals surface area contributed by atoms with Gasteiger partial charge in [0.05, 0.1) is 22.6 Å². The molecular weight excluding hydrogens is 288 g/mol. The number of fused-ring (bicyclic) bond motifs is 1. The molecule has 0 fully saturated rings. The molecule has 1 aromatic heterocycles. The van der Waals surface area contributed by atoms with Gasteiger partial charge in [-0.2, -0.15) is 0 Å². The van der Waals surface area contributed by atoms with Crippen LogP contribution in [0.2, 0.25) is 0 Å². The molecule has 0 radical (unpaired) electrons. The molecule has 2 aromatic carbocycles. The minimum Gasteiger partial charge on any atom is -0.545 e. The molecule has 104 valence electrons. The monoisotopic (exact) mass is 297 g/mol. The van der Waals surface area contributed by atoms with Gasteiger partial charge in [0.1, 0.15) is 0 Å². The van der Waals surface area contributed by atoms with Crippen molar-refractivity contribution in [3.63, 3.8) is 0 Å². The Balaban J connectivity index is 2.36. The van der Waals surface area contributed by atoms with E-state index in [1.165, 1.54) is 22.8 Å². The van der Waals surface area contributed by atoms with Gasteiger partial charge in [0.2, 0.25) is 0 Å². The number of rotatable bonds is 2. The second-order valence-electron chi connectivity index (χ2n) is 4.45. The summed E-state index contributed by atoms with van der Waals surface area (Å²) in [6, 6.07) is 13.1. The highest BCUT2D eigenvalue weighted by Gasteiger charge is 2.08. The van der Waals surface area contributed by atoms with Crippen molar-refractivity contribution in [1.82, 2.24) is 9.55 Å². The summed E-state index contributed by atoms with van der Waals surface area (Å²) in [7, 11) is 0. The smallest absolute Gasteiger partial charge is 0.266 e. The molecule has 3 aromatic rings. The van der Waals surface area contributed by atoms with Crippen LogP contribution in [0.3, 0.4) is 0 Å². The predicted molar refractivity (Wildman–Crippen MR) is 79.1 cm³/mol. The number of carbonyl (C=O) groups is 1. The molecule has 0 aliphatic carbocycles. The van der Waals surface area contributed by atoms with E-state index in [9.17, 15) is 14.7 Å². The highest BCUT2D eigenvalue weighted by atomic mass is 32.1. The van der Waals surface area contributed by atoms with E-state index < -0.39 is 5.97 Å². The number of aromatic amines is 1. The molecule has 0 spiro atoms. The third-order valence-corrected chi connectivity index (χ3v) is 3.43. The second-order valence-corrected chi connectivity index (χ2v) is 4.84. The normalized spacial score (nSPS) is 10.7. The van der Waals surface area contributed by atoms with Gasteiger partial charge >= 0.3 is 0 Å². The molecule has 0 aliphatic heterocycles. The third-order valence-electron chi connectivity index (χ3n) is 3.15. The Morgan fingerprint density at radius 3 is 2.52 bits per heavy atom. The molecule has 0 aliphatic rings. The van der Waals surface area contributed by atoms with Crippen LogP contribution in [0.5, 0.6) is 0 Å². The number of carboxylic acids is 1. The van der Waals surface area contributed by atoms with Gasteiger partial charge in [-0.25, -0.2) is 0 Å². The Bertz CT molecular complexity index is 958. The van der Waals surface area contributed by atoms with Crippen LogP contribution >= 0.6 is 12.2 Å². The van der Waals surface area contributed by atoms with Crippen molar-refractivity contribution in [3.8, 4) is 5.69 Å². The fourth-order valence-electron chi connectivity index (χ4n) is 2.16. The average molecular weight is 297 g/mol. The molecule has 5 nitrogen and oxygen atoms in total. The van der Waals surface area contributed by atoms with Crippen LogP contribution in [-0.2, 0) is 0 Å². The molecule has 6 heteroatoms. The van der Waals surface area contributed by atoms with Crippen molar-refractivity contribution in [2.45, 2.75) is 0 Å². The van der Waals surface area contributed by atoms with Gasteiger partial charge in [-0.3, -0.25) is 9.36 Å². The number of hydrogen-bond donors (Lipinski definition) is 1. The number of H-pyrrole nitrogens is 1. The van der Waals surface area contributed by atoms with Gasteiger partial charge in [-0.15, -0.1) is 0 Å². The van der Waals surface area contributed by atoms with Crippen LogP contribution < -0.4 is 10.7 Å². The zero-order chi connectivity index (χ0) is 15.0. The number of hydrogen-bond acceptors (Lipinski definition) is 4. The molecule has 21 heavy (non-hydrogen) atoms. The molecular formula is C15H9N2O3S-. The van der Waals surface area contributed by atoms with E-state index in [1.807, 2.05) is 6.07 Å². The summed E-state index contributed by atoms with van der Waals surface area (Å²) >= 11 is 5.20. The van der Waals surface area contributed by atoms with E-state index in [2.05, 4.69) is 4.98 Å². The first-order chi connectivity index (χ1) is 10.1. The lowest BCUT2D eigenvalue weighted by atomic mass is 10.1. The van der Waals surface area contributed by atoms with Crippen LogP contribution in [0, 0.1) is 4.77 Å². The zero-order valence-electron chi connectivity index (χ0n) is 10.7. The lowest BCUT2D eigenvalue weighted by molar-refractivity contribution is -0.255. The third kappa shape index (κ3) is 2.25. The predicted octanol–water partition coefficient (Wildman–Crippen LogP) is 1.41. The summed E-state index contributed by atoms with van der Waals surface area (Å²) in [5.74, 6) is -1.30. The van der Waals surface area contributed by atoms with E-state index in [0.29, 0.717) is 16.6 Å². The summed E-state index contributed by atoms with van der Waals surface area (Å²) in [5, 5.41) is 11.2. The Morgan fingerprint density at radius 2 is 1.86 bits per heavy atom. The number of nitrogens with zero attached hydrogens (tertiary/aromatic N) is 1. The number of para-hydroxylation sites is 1. The number of nitrogens with one attached hydrogen (secondary N) is 1. The van der Waals surface area contributed by atoms with Gasteiger partial charge in [0.15, 0.2) is 4.77 Å². The van der Waals surface area contributed by atoms with Crippen molar-refractivity contribution >= 4 is 29.1 Å². The fourth-order valence-corrected chi connectivity index (χ4v) is 2.45. The van der Waals surface area contributed by atoms with E-state index in [4.69, 9.17) is 12.2 Å². The summed E-state index contributed by atoms with van der Waals surface area (Å²) in [5.41, 5.74) is 0.711. The largest absolute Gasteiger partial charge is 0.545 e. The molecule has 1 N–H and O–H groups in total. The van der Waals surface area contributed by atoms with Gasteiger partial charge < -0.3 is 14.9 Å². The number of carbonyl (C=O) groups excluding carboxylic acids is 1. The average Bonchev–Trinajstić information content (AvgIpc) is 2.47. The maximum Gasteiger partial charge on any atom is 0.266 e. The molecule has 0 amide bonds. The van der Waals surface area contributed by atoms with Gasteiger partial charge in [0.25, 0.3) is 5.56 Å². The van der Waals surface area contributed by atoms with Crippen molar-refractivity contribution in [3.05, 3.63) is 69.2 Å². The number of carboxylic acid groups (broad SMARTS) is 1.